The second-order valence-corrected chi connectivity index (χ2v) is 10.3. The molecule has 0 bridgehead atoms. The molecule has 0 aliphatic carbocycles. The molecule has 1 N–H and O–H groups in total. The molecule has 1 heterocycles. The fourth-order valence-corrected chi connectivity index (χ4v) is 5.15. The molecule has 0 aromatic heterocycles. The van der Waals surface area contributed by atoms with Gasteiger partial charge >= 0.3 is 0 Å². The van der Waals surface area contributed by atoms with Crippen LogP contribution in [0.1, 0.15) is 11.1 Å². The van der Waals surface area contributed by atoms with Crippen LogP contribution in [0.25, 0.3) is 0 Å². The molecule has 4 rings (SSSR count). The average Bonchev–Trinajstić information content (AvgIpc) is 2.82. The van der Waals surface area contributed by atoms with Gasteiger partial charge in [0.15, 0.2) is 6.10 Å². The number of amides is 1. The van der Waals surface area contributed by atoms with Crippen molar-refractivity contribution in [3.8, 4) is 11.5 Å². The van der Waals surface area contributed by atoms with Crippen molar-refractivity contribution in [2.24, 2.45) is 0 Å². The normalized spacial score (nSPS) is 15.3. The Morgan fingerprint density at radius 3 is 2.44 bits per heavy atom. The van der Waals surface area contributed by atoms with Gasteiger partial charge in [-0.1, -0.05) is 35.4 Å². The Morgan fingerprint density at radius 2 is 1.74 bits per heavy atom. The summed E-state index contributed by atoms with van der Waals surface area (Å²) in [5.41, 5.74) is 2.25. The van der Waals surface area contributed by atoms with Crippen molar-refractivity contribution in [1.29, 1.82) is 0 Å². The Balaban J connectivity index is 1.49. The molecule has 7 nitrogen and oxygen atoms in total. The number of sulfonamides is 1. The molecule has 0 spiro atoms. The van der Waals surface area contributed by atoms with Gasteiger partial charge in [-0.05, 0) is 67.9 Å². The minimum absolute atomic E-state index is 0.143. The second-order valence-electron chi connectivity index (χ2n) is 8.02. The molecule has 34 heavy (non-hydrogen) atoms. The third-order valence-electron chi connectivity index (χ3n) is 5.37. The molecule has 3 aromatic carbocycles. The third kappa shape index (κ3) is 5.29. The molecule has 1 aliphatic rings. The van der Waals surface area contributed by atoms with Gasteiger partial charge in [-0.2, -0.15) is 0 Å². The zero-order chi connectivity index (χ0) is 24.3. The van der Waals surface area contributed by atoms with Crippen LogP contribution in [0.4, 0.5) is 5.69 Å². The molecular formula is C25H25ClN2O5S. The predicted octanol–water partition coefficient (Wildman–Crippen LogP) is 4.11. The van der Waals surface area contributed by atoms with E-state index in [1.807, 2.05) is 19.9 Å². The van der Waals surface area contributed by atoms with Gasteiger partial charge in [0, 0.05) is 5.02 Å². The van der Waals surface area contributed by atoms with Crippen molar-refractivity contribution in [1.82, 2.24) is 5.32 Å². The van der Waals surface area contributed by atoms with Crippen LogP contribution >= 0.6 is 11.6 Å². The highest BCUT2D eigenvalue weighted by molar-refractivity contribution is 7.92. The van der Waals surface area contributed by atoms with Crippen molar-refractivity contribution < 1.29 is 22.7 Å². The fourth-order valence-electron chi connectivity index (χ4n) is 3.55. The number of nitrogens with zero attached hydrogens (tertiary/aromatic N) is 1. The molecule has 0 saturated carbocycles. The number of anilines is 1. The number of halogens is 1. The van der Waals surface area contributed by atoms with Crippen LogP contribution in [0, 0.1) is 13.8 Å². The quantitative estimate of drug-likeness (QED) is 0.493. The molecule has 0 unspecified atom stereocenters. The molecule has 1 atom stereocenters. The highest BCUT2D eigenvalue weighted by Crippen LogP contribution is 2.37. The first-order chi connectivity index (χ1) is 16.2. The minimum Gasteiger partial charge on any atom is -0.492 e. The van der Waals surface area contributed by atoms with Gasteiger partial charge in [-0.3, -0.25) is 9.10 Å². The maximum absolute atomic E-state index is 13.5. The number of carbonyl (C=O) groups is 1. The summed E-state index contributed by atoms with van der Waals surface area (Å²) in [4.78, 5) is 13.0. The van der Waals surface area contributed by atoms with Crippen molar-refractivity contribution in [2.75, 3.05) is 24.0 Å². The van der Waals surface area contributed by atoms with Gasteiger partial charge < -0.3 is 14.8 Å². The Bertz CT molecular complexity index is 1280. The van der Waals surface area contributed by atoms with Crippen LogP contribution in [-0.2, 0) is 14.8 Å². The van der Waals surface area contributed by atoms with E-state index in [2.05, 4.69) is 5.32 Å². The van der Waals surface area contributed by atoms with E-state index in [-0.39, 0.29) is 24.6 Å². The largest absolute Gasteiger partial charge is 0.492 e. The predicted molar refractivity (Wildman–Crippen MR) is 131 cm³/mol. The maximum atomic E-state index is 13.5. The van der Waals surface area contributed by atoms with E-state index >= 15 is 0 Å². The summed E-state index contributed by atoms with van der Waals surface area (Å²) < 4.78 is 39.7. The lowest BCUT2D eigenvalue weighted by atomic mass is 10.1. The molecule has 3 aromatic rings. The van der Waals surface area contributed by atoms with E-state index in [1.54, 1.807) is 60.7 Å². The number of nitrogens with one attached hydrogen (secondary N) is 1. The topological polar surface area (TPSA) is 84.9 Å². The van der Waals surface area contributed by atoms with Gasteiger partial charge in [-0.25, -0.2) is 8.42 Å². The number of rotatable bonds is 7. The Morgan fingerprint density at radius 1 is 1.06 bits per heavy atom. The molecule has 1 aliphatic heterocycles. The molecule has 0 saturated heterocycles. The summed E-state index contributed by atoms with van der Waals surface area (Å²) in [7, 11) is -3.90. The Hall–Kier alpha value is -3.23. The van der Waals surface area contributed by atoms with E-state index < -0.39 is 22.0 Å². The lowest BCUT2D eigenvalue weighted by Gasteiger charge is -2.35. The first-order valence-corrected chi connectivity index (χ1v) is 12.6. The average molecular weight is 501 g/mol. The first kappa shape index (κ1) is 23.9. The number of ether oxygens (including phenoxy) is 2. The molecule has 9 heteroatoms. The number of benzene rings is 3. The summed E-state index contributed by atoms with van der Waals surface area (Å²) in [6.45, 7) is 4.09. The number of aryl methyl sites for hydroxylation is 2. The summed E-state index contributed by atoms with van der Waals surface area (Å²) in [6, 6.07) is 18.8. The van der Waals surface area contributed by atoms with Crippen LogP contribution in [-0.4, -0.2) is 40.1 Å². The highest BCUT2D eigenvalue weighted by Gasteiger charge is 2.37. The summed E-state index contributed by atoms with van der Waals surface area (Å²) in [6.07, 6.45) is -1.01. The number of fused-ring (bicyclic) bond motifs is 1. The lowest BCUT2D eigenvalue weighted by molar-refractivity contribution is -0.127. The van der Waals surface area contributed by atoms with Crippen LogP contribution in [0.5, 0.6) is 11.5 Å². The standard InChI is InChI=1S/C25H25ClN2O5S/c1-17-3-10-21(11-4-17)34(30,31)28-16-24(33-23-15-18(2)5-12-22(23)28)25(29)27-13-14-32-20-8-6-19(26)7-9-20/h3-12,15,24H,13-14,16H2,1-2H3,(H,27,29)/t24-/m0/s1. The van der Waals surface area contributed by atoms with Gasteiger partial charge in [0.1, 0.15) is 18.1 Å². The molecule has 1 amide bonds. The second kappa shape index (κ2) is 9.95. The maximum Gasteiger partial charge on any atom is 0.264 e. The summed E-state index contributed by atoms with van der Waals surface area (Å²) >= 11 is 5.86. The van der Waals surface area contributed by atoms with E-state index in [9.17, 15) is 13.2 Å². The minimum atomic E-state index is -3.90. The van der Waals surface area contributed by atoms with Gasteiger partial charge in [-0.15, -0.1) is 0 Å². The first-order valence-electron chi connectivity index (χ1n) is 10.8. The highest BCUT2D eigenvalue weighted by atomic mass is 35.5. The van der Waals surface area contributed by atoms with Crippen LogP contribution < -0.4 is 19.1 Å². The van der Waals surface area contributed by atoms with Crippen molar-refractivity contribution >= 4 is 33.2 Å². The summed E-state index contributed by atoms with van der Waals surface area (Å²) in [5.74, 6) is 0.558. The number of hydrogen-bond donors (Lipinski definition) is 1. The van der Waals surface area contributed by atoms with Crippen LogP contribution in [0.15, 0.2) is 71.6 Å². The Kier molecular flexibility index (Phi) is 7.00. The van der Waals surface area contributed by atoms with Crippen molar-refractivity contribution in [3.05, 3.63) is 82.9 Å². The van der Waals surface area contributed by atoms with Gasteiger partial charge in [0.05, 0.1) is 23.7 Å². The molecule has 178 valence electrons. The van der Waals surface area contributed by atoms with Crippen LogP contribution in [0.2, 0.25) is 5.02 Å². The Labute approximate surface area is 204 Å². The van der Waals surface area contributed by atoms with E-state index in [0.717, 1.165) is 11.1 Å². The molecular weight excluding hydrogens is 476 g/mol. The number of carbonyl (C=O) groups excluding carboxylic acids is 1. The van der Waals surface area contributed by atoms with E-state index in [0.29, 0.717) is 22.2 Å². The SMILES string of the molecule is Cc1ccc(S(=O)(=O)N2C[C@@H](C(=O)NCCOc3ccc(Cl)cc3)Oc3cc(C)ccc32)cc1. The van der Waals surface area contributed by atoms with Crippen molar-refractivity contribution in [2.45, 2.75) is 24.8 Å². The fraction of sp³-hybridized carbons (Fsp3) is 0.240. The zero-order valence-electron chi connectivity index (χ0n) is 18.8. The zero-order valence-corrected chi connectivity index (χ0v) is 20.4. The van der Waals surface area contributed by atoms with Gasteiger partial charge in [0.2, 0.25) is 0 Å². The van der Waals surface area contributed by atoms with E-state index in [1.165, 1.54) is 4.31 Å². The molecule has 0 fully saturated rings. The number of hydrogen-bond acceptors (Lipinski definition) is 5. The smallest absolute Gasteiger partial charge is 0.264 e. The lowest BCUT2D eigenvalue weighted by Crippen LogP contribution is -2.51. The van der Waals surface area contributed by atoms with Gasteiger partial charge in [0.25, 0.3) is 15.9 Å². The van der Waals surface area contributed by atoms with Crippen molar-refractivity contribution in [3.63, 3.8) is 0 Å². The van der Waals surface area contributed by atoms with Crippen LogP contribution in [0.3, 0.4) is 0 Å². The summed E-state index contributed by atoms with van der Waals surface area (Å²) in [5, 5.41) is 3.37. The molecule has 0 radical (unpaired) electrons. The third-order valence-corrected chi connectivity index (χ3v) is 7.42. The van der Waals surface area contributed by atoms with E-state index in [4.69, 9.17) is 21.1 Å². The monoisotopic (exact) mass is 500 g/mol.